The zero-order valence-electron chi connectivity index (χ0n) is 20.6. The van der Waals surface area contributed by atoms with Crippen LogP contribution in [0.3, 0.4) is 0 Å². The summed E-state index contributed by atoms with van der Waals surface area (Å²) in [6, 6.07) is 24.6. The van der Waals surface area contributed by atoms with Gasteiger partial charge in [0.25, 0.3) is 5.91 Å². The van der Waals surface area contributed by atoms with Gasteiger partial charge in [0.2, 0.25) is 5.91 Å². The van der Waals surface area contributed by atoms with Gasteiger partial charge in [-0.15, -0.1) is 0 Å². The van der Waals surface area contributed by atoms with Crippen molar-refractivity contribution in [2.24, 2.45) is 5.92 Å². The van der Waals surface area contributed by atoms with Gasteiger partial charge in [0.05, 0.1) is 0 Å². The molecule has 8 rings (SSSR count). The zero-order valence-corrected chi connectivity index (χ0v) is 20.6. The van der Waals surface area contributed by atoms with E-state index in [1.54, 1.807) is 0 Å². The lowest BCUT2D eigenvalue weighted by atomic mass is 9.59. The molecule has 186 valence electrons. The summed E-state index contributed by atoms with van der Waals surface area (Å²) >= 11 is 0. The molecule has 0 radical (unpaired) electrons. The minimum absolute atomic E-state index is 0.233. The highest BCUT2D eigenvalue weighted by atomic mass is 16.2. The van der Waals surface area contributed by atoms with Crippen molar-refractivity contribution in [3.8, 4) is 0 Å². The summed E-state index contributed by atoms with van der Waals surface area (Å²) in [5.74, 6) is 0.207. The van der Waals surface area contributed by atoms with Crippen molar-refractivity contribution in [2.75, 3.05) is 13.1 Å². The average Bonchev–Trinajstić information content (AvgIpc) is 3.16. The van der Waals surface area contributed by atoms with Gasteiger partial charge >= 0.3 is 6.03 Å². The first-order valence-corrected chi connectivity index (χ1v) is 13.2. The normalized spacial score (nSPS) is 26.9. The number of nitrogens with zero attached hydrogens (tertiary/aromatic N) is 1. The molecule has 0 aromatic heterocycles. The van der Waals surface area contributed by atoms with E-state index in [0.29, 0.717) is 18.9 Å². The van der Waals surface area contributed by atoms with Crippen LogP contribution in [0.4, 0.5) is 4.79 Å². The molecule has 1 aliphatic heterocycles. The largest absolute Gasteiger partial charge is 0.354 e. The SMILES string of the molecule is O=C(CN1C(=O)NC2(CCCc3ccccc32)C1=O)NCC1CC2c3ccccc3C1c1ccccc12. The average molecular weight is 492 g/mol. The second-order valence-electron chi connectivity index (χ2n) is 10.8. The first kappa shape index (κ1) is 22.3. The van der Waals surface area contributed by atoms with E-state index in [2.05, 4.69) is 59.2 Å². The molecule has 2 unspecified atom stereocenters. The number of benzene rings is 3. The second-order valence-corrected chi connectivity index (χ2v) is 10.8. The molecule has 1 heterocycles. The highest BCUT2D eigenvalue weighted by Gasteiger charge is 2.54. The molecule has 2 atom stereocenters. The topological polar surface area (TPSA) is 78.5 Å². The number of hydrogen-bond donors (Lipinski definition) is 2. The van der Waals surface area contributed by atoms with Crippen LogP contribution >= 0.6 is 0 Å². The monoisotopic (exact) mass is 491 g/mol. The van der Waals surface area contributed by atoms with Gasteiger partial charge in [0.15, 0.2) is 0 Å². The van der Waals surface area contributed by atoms with Gasteiger partial charge in [-0.25, -0.2) is 4.79 Å². The highest BCUT2D eigenvalue weighted by Crippen LogP contribution is 2.55. The first-order chi connectivity index (χ1) is 18.1. The third kappa shape index (κ3) is 3.28. The fourth-order valence-corrected chi connectivity index (χ4v) is 7.36. The molecule has 37 heavy (non-hydrogen) atoms. The molecule has 1 fully saturated rings. The van der Waals surface area contributed by atoms with E-state index < -0.39 is 11.6 Å². The van der Waals surface area contributed by atoms with Crippen molar-refractivity contribution in [3.63, 3.8) is 0 Å². The van der Waals surface area contributed by atoms with E-state index in [1.165, 1.54) is 22.3 Å². The number of urea groups is 1. The minimum atomic E-state index is -1.05. The van der Waals surface area contributed by atoms with E-state index in [9.17, 15) is 14.4 Å². The van der Waals surface area contributed by atoms with E-state index in [-0.39, 0.29) is 30.2 Å². The molecule has 5 aliphatic rings. The van der Waals surface area contributed by atoms with Crippen LogP contribution in [0, 0.1) is 5.92 Å². The number of amides is 4. The van der Waals surface area contributed by atoms with Crippen LogP contribution < -0.4 is 10.6 Å². The van der Waals surface area contributed by atoms with E-state index in [0.717, 1.165) is 35.3 Å². The van der Waals surface area contributed by atoms with Crippen LogP contribution in [0.25, 0.3) is 0 Å². The summed E-state index contributed by atoms with van der Waals surface area (Å²) in [7, 11) is 0. The predicted octanol–water partition coefficient (Wildman–Crippen LogP) is 4.18. The van der Waals surface area contributed by atoms with Gasteiger partial charge in [-0.05, 0) is 65.0 Å². The number of imide groups is 1. The van der Waals surface area contributed by atoms with Crippen LogP contribution in [-0.4, -0.2) is 35.8 Å². The molecular formula is C31H29N3O3. The Morgan fingerprint density at radius 1 is 0.919 bits per heavy atom. The quantitative estimate of drug-likeness (QED) is 0.538. The lowest BCUT2D eigenvalue weighted by Crippen LogP contribution is -2.47. The third-order valence-electron chi connectivity index (χ3n) is 8.94. The Hall–Kier alpha value is -3.93. The smallest absolute Gasteiger partial charge is 0.325 e. The number of nitrogens with one attached hydrogen (secondary N) is 2. The van der Waals surface area contributed by atoms with Gasteiger partial charge < -0.3 is 10.6 Å². The molecule has 3 aromatic carbocycles. The predicted molar refractivity (Wildman–Crippen MR) is 139 cm³/mol. The molecule has 1 saturated heterocycles. The molecule has 4 aliphatic carbocycles. The maximum atomic E-state index is 13.5. The molecule has 0 saturated carbocycles. The fraction of sp³-hybridized carbons (Fsp3) is 0.323. The van der Waals surface area contributed by atoms with Crippen LogP contribution in [0.2, 0.25) is 0 Å². The fourth-order valence-electron chi connectivity index (χ4n) is 7.36. The van der Waals surface area contributed by atoms with Crippen molar-refractivity contribution in [3.05, 3.63) is 106 Å². The third-order valence-corrected chi connectivity index (χ3v) is 8.94. The number of rotatable bonds is 4. The number of aryl methyl sites for hydroxylation is 1. The lowest BCUT2D eigenvalue weighted by molar-refractivity contribution is -0.135. The Labute approximate surface area is 216 Å². The Bertz CT molecular complexity index is 1400. The Balaban J connectivity index is 1.08. The van der Waals surface area contributed by atoms with E-state index in [4.69, 9.17) is 0 Å². The Morgan fingerprint density at radius 2 is 1.57 bits per heavy atom. The zero-order chi connectivity index (χ0) is 25.1. The summed E-state index contributed by atoms with van der Waals surface area (Å²) in [5, 5.41) is 6.00. The van der Waals surface area contributed by atoms with Gasteiger partial charge in [-0.2, -0.15) is 0 Å². The number of carbonyl (C=O) groups is 3. The molecule has 4 amide bonds. The van der Waals surface area contributed by atoms with E-state index in [1.807, 2.05) is 24.3 Å². The first-order valence-electron chi connectivity index (χ1n) is 13.2. The minimum Gasteiger partial charge on any atom is -0.354 e. The maximum absolute atomic E-state index is 13.5. The second kappa shape index (κ2) is 8.30. The Kier molecular flexibility index (Phi) is 5.00. The molecule has 2 N–H and O–H groups in total. The molecule has 1 spiro atoms. The van der Waals surface area contributed by atoms with Gasteiger partial charge in [0.1, 0.15) is 12.1 Å². The molecular weight excluding hydrogens is 462 g/mol. The summed E-state index contributed by atoms with van der Waals surface area (Å²) in [5.41, 5.74) is 6.38. The molecule has 2 bridgehead atoms. The van der Waals surface area contributed by atoms with Crippen LogP contribution in [0.1, 0.15) is 64.5 Å². The Morgan fingerprint density at radius 3 is 2.30 bits per heavy atom. The van der Waals surface area contributed by atoms with Gasteiger partial charge in [0, 0.05) is 18.4 Å². The molecule has 3 aromatic rings. The number of fused-ring (bicyclic) bond motifs is 3. The van der Waals surface area contributed by atoms with Gasteiger partial charge in [-0.1, -0.05) is 72.8 Å². The van der Waals surface area contributed by atoms with Crippen molar-refractivity contribution < 1.29 is 14.4 Å². The van der Waals surface area contributed by atoms with Crippen molar-refractivity contribution in [1.82, 2.24) is 15.5 Å². The summed E-state index contributed by atoms with van der Waals surface area (Å²) in [6.45, 7) is 0.253. The molecule has 6 nitrogen and oxygen atoms in total. The van der Waals surface area contributed by atoms with Crippen molar-refractivity contribution in [1.29, 1.82) is 0 Å². The summed E-state index contributed by atoms with van der Waals surface area (Å²) < 4.78 is 0. The highest BCUT2D eigenvalue weighted by molar-refractivity contribution is 6.09. The van der Waals surface area contributed by atoms with Crippen molar-refractivity contribution in [2.45, 2.75) is 43.1 Å². The number of carbonyl (C=O) groups excluding carboxylic acids is 3. The van der Waals surface area contributed by atoms with E-state index >= 15 is 0 Å². The summed E-state index contributed by atoms with van der Waals surface area (Å²) in [4.78, 5) is 40.6. The van der Waals surface area contributed by atoms with Crippen LogP contribution in [0.15, 0.2) is 72.8 Å². The van der Waals surface area contributed by atoms with Crippen molar-refractivity contribution >= 4 is 17.8 Å². The summed E-state index contributed by atoms with van der Waals surface area (Å²) in [6.07, 6.45) is 3.23. The number of hydrogen-bond acceptors (Lipinski definition) is 3. The molecule has 6 heteroatoms. The van der Waals surface area contributed by atoms with Crippen LogP contribution in [0.5, 0.6) is 0 Å². The van der Waals surface area contributed by atoms with Gasteiger partial charge in [-0.3, -0.25) is 14.5 Å². The maximum Gasteiger partial charge on any atom is 0.325 e. The lowest BCUT2D eigenvalue weighted by Gasteiger charge is -2.45. The van der Waals surface area contributed by atoms with Crippen LogP contribution in [-0.2, 0) is 21.5 Å². The standard InChI is InChI=1S/C31H29N3O3/c35-27(18-34-29(36)31(33-30(34)37)15-7-9-19-8-1-6-14-26(19)31)32-17-20-16-25-21-10-2-4-12-23(21)28(20)24-13-5-3-11-22(24)25/h1-6,8,10-14,20,25,28H,7,9,15-18H2,(H,32,35)(H,33,37).